The third-order valence-corrected chi connectivity index (χ3v) is 3.75. The number of ether oxygens (including phenoxy) is 1. The number of nitrogens with zero attached hydrogens (tertiary/aromatic N) is 2. The van der Waals surface area contributed by atoms with E-state index in [0.29, 0.717) is 36.0 Å². The Hall–Kier alpha value is -3.41. The van der Waals surface area contributed by atoms with Crippen molar-refractivity contribution in [3.05, 3.63) is 72.1 Å². The number of carbonyl (C=O) groups is 1. The number of aromatic nitrogens is 2. The summed E-state index contributed by atoms with van der Waals surface area (Å²) in [6.07, 6.45) is 3.24. The smallest absolute Gasteiger partial charge is 0.251 e. The fourth-order valence-corrected chi connectivity index (χ4v) is 2.48. The van der Waals surface area contributed by atoms with Crippen LogP contribution in [0.3, 0.4) is 0 Å². The summed E-state index contributed by atoms with van der Waals surface area (Å²) in [5, 5.41) is 2.89. The van der Waals surface area contributed by atoms with Crippen molar-refractivity contribution in [3.8, 4) is 17.1 Å². The van der Waals surface area contributed by atoms with Crippen molar-refractivity contribution < 1.29 is 9.53 Å². The van der Waals surface area contributed by atoms with E-state index in [1.807, 2.05) is 43.3 Å². The van der Waals surface area contributed by atoms with Crippen LogP contribution >= 0.6 is 0 Å². The minimum atomic E-state index is -0.145. The molecule has 0 bridgehead atoms. The molecule has 3 rings (SSSR count). The number of hydrogen-bond acceptors (Lipinski definition) is 5. The molecule has 0 unspecified atom stereocenters. The summed E-state index contributed by atoms with van der Waals surface area (Å²) in [5.41, 5.74) is 9.52. The van der Waals surface area contributed by atoms with Gasteiger partial charge in [0.2, 0.25) is 5.88 Å². The van der Waals surface area contributed by atoms with Gasteiger partial charge < -0.3 is 15.8 Å². The molecule has 1 aromatic heterocycles. The number of anilines is 1. The van der Waals surface area contributed by atoms with Gasteiger partial charge in [-0.2, -0.15) is 0 Å². The molecule has 0 atom stereocenters. The zero-order chi connectivity index (χ0) is 18.4. The van der Waals surface area contributed by atoms with Crippen LogP contribution in [0.1, 0.15) is 22.8 Å². The molecule has 3 aromatic rings. The number of nitrogens with two attached hydrogens (primary N) is 1. The third-order valence-electron chi connectivity index (χ3n) is 3.75. The van der Waals surface area contributed by atoms with Gasteiger partial charge in [0.05, 0.1) is 24.7 Å². The van der Waals surface area contributed by atoms with Crippen molar-refractivity contribution in [1.29, 1.82) is 0 Å². The number of carbonyl (C=O) groups excluding carboxylic acids is 1. The van der Waals surface area contributed by atoms with E-state index >= 15 is 0 Å². The monoisotopic (exact) mass is 348 g/mol. The molecular weight excluding hydrogens is 328 g/mol. The molecular formula is C20H20N4O2. The van der Waals surface area contributed by atoms with Crippen molar-refractivity contribution in [3.63, 3.8) is 0 Å². The molecule has 132 valence electrons. The number of rotatable bonds is 6. The zero-order valence-corrected chi connectivity index (χ0v) is 14.5. The van der Waals surface area contributed by atoms with Gasteiger partial charge in [-0.25, -0.2) is 4.98 Å². The molecule has 0 saturated carbocycles. The first-order valence-electron chi connectivity index (χ1n) is 8.33. The number of hydrogen-bond donors (Lipinski definition) is 2. The SMILES string of the molecule is CCOc1cncc(-c2ccc(C(=O)NCc3cccc(N)c3)cc2)n1. The maximum absolute atomic E-state index is 12.3. The quantitative estimate of drug-likeness (QED) is 0.668. The summed E-state index contributed by atoms with van der Waals surface area (Å²) >= 11 is 0. The molecule has 0 aliphatic rings. The second-order valence-electron chi connectivity index (χ2n) is 5.68. The first kappa shape index (κ1) is 17.4. The van der Waals surface area contributed by atoms with Gasteiger partial charge >= 0.3 is 0 Å². The maximum Gasteiger partial charge on any atom is 0.251 e. The highest BCUT2D eigenvalue weighted by Gasteiger charge is 2.07. The largest absolute Gasteiger partial charge is 0.477 e. The highest BCUT2D eigenvalue weighted by molar-refractivity contribution is 5.94. The molecule has 0 radical (unpaired) electrons. The van der Waals surface area contributed by atoms with Crippen LogP contribution < -0.4 is 15.8 Å². The fourth-order valence-electron chi connectivity index (χ4n) is 2.48. The van der Waals surface area contributed by atoms with E-state index in [1.165, 1.54) is 0 Å². The number of nitrogen functional groups attached to an aromatic ring is 1. The Morgan fingerprint density at radius 1 is 1.15 bits per heavy atom. The average molecular weight is 348 g/mol. The Morgan fingerprint density at radius 2 is 1.96 bits per heavy atom. The Morgan fingerprint density at radius 3 is 2.69 bits per heavy atom. The van der Waals surface area contributed by atoms with Crippen molar-refractivity contribution in [2.24, 2.45) is 0 Å². The second-order valence-corrected chi connectivity index (χ2v) is 5.68. The van der Waals surface area contributed by atoms with Crippen molar-refractivity contribution in [2.75, 3.05) is 12.3 Å². The Kier molecular flexibility index (Phi) is 5.43. The molecule has 1 amide bonds. The van der Waals surface area contributed by atoms with Crippen molar-refractivity contribution in [1.82, 2.24) is 15.3 Å². The van der Waals surface area contributed by atoms with Crippen molar-refractivity contribution in [2.45, 2.75) is 13.5 Å². The fraction of sp³-hybridized carbons (Fsp3) is 0.150. The molecule has 0 saturated heterocycles. The molecule has 0 aliphatic heterocycles. The first-order valence-corrected chi connectivity index (χ1v) is 8.33. The molecule has 26 heavy (non-hydrogen) atoms. The van der Waals surface area contributed by atoms with Crippen LogP contribution in [-0.2, 0) is 6.54 Å². The van der Waals surface area contributed by atoms with E-state index in [4.69, 9.17) is 10.5 Å². The van der Waals surface area contributed by atoms with Gasteiger partial charge in [-0.1, -0.05) is 24.3 Å². The molecule has 3 N–H and O–H groups in total. The summed E-state index contributed by atoms with van der Waals surface area (Å²) in [7, 11) is 0. The molecule has 0 spiro atoms. The lowest BCUT2D eigenvalue weighted by Crippen LogP contribution is -2.22. The normalized spacial score (nSPS) is 10.3. The van der Waals surface area contributed by atoms with E-state index in [2.05, 4.69) is 15.3 Å². The van der Waals surface area contributed by atoms with Crippen LogP contribution in [0.25, 0.3) is 11.3 Å². The van der Waals surface area contributed by atoms with Gasteiger partial charge in [-0.3, -0.25) is 9.78 Å². The number of amides is 1. The van der Waals surface area contributed by atoms with Crippen LogP contribution in [0.4, 0.5) is 5.69 Å². The Bertz CT molecular complexity index is 894. The molecule has 0 fully saturated rings. The lowest BCUT2D eigenvalue weighted by Gasteiger charge is -2.08. The molecule has 0 aliphatic carbocycles. The van der Waals surface area contributed by atoms with Gasteiger partial charge in [0.1, 0.15) is 0 Å². The average Bonchev–Trinajstić information content (AvgIpc) is 2.67. The lowest BCUT2D eigenvalue weighted by atomic mass is 10.1. The van der Waals surface area contributed by atoms with Gasteiger partial charge in [-0.15, -0.1) is 0 Å². The molecule has 1 heterocycles. The van der Waals surface area contributed by atoms with Crippen LogP contribution in [0.5, 0.6) is 5.88 Å². The highest BCUT2D eigenvalue weighted by atomic mass is 16.5. The standard InChI is InChI=1S/C20H20N4O2/c1-2-26-19-13-22-12-18(24-19)15-6-8-16(9-7-15)20(25)23-11-14-4-3-5-17(21)10-14/h3-10,12-13H,2,11,21H2,1H3,(H,23,25). The zero-order valence-electron chi connectivity index (χ0n) is 14.5. The topological polar surface area (TPSA) is 90.1 Å². The van der Waals surface area contributed by atoms with Gasteiger partial charge in [0, 0.05) is 23.4 Å². The predicted molar refractivity (Wildman–Crippen MR) is 101 cm³/mol. The van der Waals surface area contributed by atoms with Crippen LogP contribution in [-0.4, -0.2) is 22.5 Å². The van der Waals surface area contributed by atoms with Crippen LogP contribution in [0.15, 0.2) is 60.9 Å². The van der Waals surface area contributed by atoms with E-state index in [1.54, 1.807) is 24.5 Å². The predicted octanol–water partition coefficient (Wildman–Crippen LogP) is 3.05. The van der Waals surface area contributed by atoms with Gasteiger partial charge in [0.25, 0.3) is 5.91 Å². The molecule has 2 aromatic carbocycles. The van der Waals surface area contributed by atoms with E-state index in [0.717, 1.165) is 11.1 Å². The number of nitrogens with one attached hydrogen (secondary N) is 1. The van der Waals surface area contributed by atoms with Crippen molar-refractivity contribution >= 4 is 11.6 Å². The van der Waals surface area contributed by atoms with Gasteiger partial charge in [-0.05, 0) is 36.8 Å². The highest BCUT2D eigenvalue weighted by Crippen LogP contribution is 2.19. The third kappa shape index (κ3) is 4.36. The maximum atomic E-state index is 12.3. The Labute approximate surface area is 152 Å². The van der Waals surface area contributed by atoms with E-state index in [9.17, 15) is 4.79 Å². The van der Waals surface area contributed by atoms with Crippen LogP contribution in [0, 0.1) is 0 Å². The van der Waals surface area contributed by atoms with Gasteiger partial charge in [0.15, 0.2) is 0 Å². The lowest BCUT2D eigenvalue weighted by molar-refractivity contribution is 0.0951. The minimum Gasteiger partial charge on any atom is -0.477 e. The first-order chi connectivity index (χ1) is 12.7. The Balaban J connectivity index is 1.67. The summed E-state index contributed by atoms with van der Waals surface area (Å²) < 4.78 is 5.37. The van der Waals surface area contributed by atoms with E-state index < -0.39 is 0 Å². The summed E-state index contributed by atoms with van der Waals surface area (Å²) in [6, 6.07) is 14.6. The minimum absolute atomic E-state index is 0.145. The summed E-state index contributed by atoms with van der Waals surface area (Å²) in [5.74, 6) is 0.335. The van der Waals surface area contributed by atoms with Crippen LogP contribution in [0.2, 0.25) is 0 Å². The van der Waals surface area contributed by atoms with E-state index in [-0.39, 0.29) is 5.91 Å². The second kappa shape index (κ2) is 8.11. The summed E-state index contributed by atoms with van der Waals surface area (Å²) in [6.45, 7) is 2.85. The number of benzene rings is 2. The summed E-state index contributed by atoms with van der Waals surface area (Å²) in [4.78, 5) is 20.8. The molecule has 6 heteroatoms. The molecule has 6 nitrogen and oxygen atoms in total.